The summed E-state index contributed by atoms with van der Waals surface area (Å²) in [6.45, 7) is 2.76. The molecule has 0 saturated heterocycles. The van der Waals surface area contributed by atoms with Crippen molar-refractivity contribution in [1.29, 1.82) is 0 Å². The Kier molecular flexibility index (Phi) is 6.07. The van der Waals surface area contributed by atoms with Crippen molar-refractivity contribution in [2.45, 2.75) is 13.0 Å². The van der Waals surface area contributed by atoms with Crippen LogP contribution in [0.1, 0.15) is 22.8 Å². The first-order chi connectivity index (χ1) is 9.10. The number of rotatable bonds is 4. The lowest BCUT2D eigenvalue weighted by Crippen LogP contribution is -2.37. The quantitative estimate of drug-likeness (QED) is 0.825. The maximum absolute atomic E-state index is 12.3. The number of carbonyl (C=O) groups is 1. The van der Waals surface area contributed by atoms with Crippen LogP contribution in [0.2, 0.25) is 0 Å². The molecule has 1 atom stereocenters. The smallest absolute Gasteiger partial charge is 0.253 e. The van der Waals surface area contributed by atoms with E-state index in [1.807, 2.05) is 19.1 Å². The summed E-state index contributed by atoms with van der Waals surface area (Å²) in [6.07, 6.45) is 0. The highest BCUT2D eigenvalue weighted by atomic mass is 16.5. The van der Waals surface area contributed by atoms with Gasteiger partial charge in [0.1, 0.15) is 0 Å². The third-order valence-electron chi connectivity index (χ3n) is 2.83. The number of nitrogens with zero attached hydrogens (tertiary/aromatic N) is 1. The van der Waals surface area contributed by atoms with E-state index in [9.17, 15) is 4.79 Å². The lowest BCUT2D eigenvalue weighted by molar-refractivity contribution is 0.0633. The van der Waals surface area contributed by atoms with E-state index < -0.39 is 0 Å². The summed E-state index contributed by atoms with van der Waals surface area (Å²) in [5.74, 6) is 5.66. The van der Waals surface area contributed by atoms with Gasteiger partial charge >= 0.3 is 0 Å². The van der Waals surface area contributed by atoms with Gasteiger partial charge in [-0.2, -0.15) is 0 Å². The Morgan fingerprint density at radius 2 is 2.26 bits per heavy atom. The van der Waals surface area contributed by atoms with Crippen LogP contribution in [0.4, 0.5) is 0 Å². The van der Waals surface area contributed by atoms with Crippen LogP contribution in [0.3, 0.4) is 0 Å². The minimum Gasteiger partial charge on any atom is -0.383 e. The molecule has 4 heteroatoms. The van der Waals surface area contributed by atoms with Crippen LogP contribution in [-0.2, 0) is 4.74 Å². The number of ether oxygens (including phenoxy) is 1. The van der Waals surface area contributed by atoms with Crippen molar-refractivity contribution in [3.63, 3.8) is 0 Å². The van der Waals surface area contributed by atoms with Gasteiger partial charge in [-0.25, -0.2) is 0 Å². The van der Waals surface area contributed by atoms with E-state index in [-0.39, 0.29) is 11.9 Å². The molecule has 1 rings (SSSR count). The lowest BCUT2D eigenvalue weighted by Gasteiger charge is -2.24. The van der Waals surface area contributed by atoms with Crippen molar-refractivity contribution in [1.82, 2.24) is 4.90 Å². The molecule has 0 spiro atoms. The van der Waals surface area contributed by atoms with Gasteiger partial charge in [0.05, 0.1) is 19.2 Å². The number of benzene rings is 1. The van der Waals surface area contributed by atoms with Crippen molar-refractivity contribution < 1.29 is 9.53 Å². The molecule has 0 aliphatic heterocycles. The molecular formula is C15H20N2O2. The predicted octanol–water partition coefficient (Wildman–Crippen LogP) is 1.10. The number of carbonyl (C=O) groups excluding carboxylic acids is 1. The first kappa shape index (κ1) is 15.2. The molecule has 4 nitrogen and oxygen atoms in total. The molecule has 1 aromatic carbocycles. The van der Waals surface area contributed by atoms with Gasteiger partial charge in [-0.05, 0) is 25.1 Å². The monoisotopic (exact) mass is 260 g/mol. The van der Waals surface area contributed by atoms with Crippen molar-refractivity contribution in [3.8, 4) is 11.8 Å². The molecule has 19 heavy (non-hydrogen) atoms. The summed E-state index contributed by atoms with van der Waals surface area (Å²) >= 11 is 0. The van der Waals surface area contributed by atoms with Crippen molar-refractivity contribution >= 4 is 5.91 Å². The molecule has 0 aliphatic rings. The number of nitrogens with two attached hydrogens (primary N) is 1. The third kappa shape index (κ3) is 4.40. The fourth-order valence-electron chi connectivity index (χ4n) is 1.64. The maximum atomic E-state index is 12.3. The minimum atomic E-state index is -0.0408. The van der Waals surface area contributed by atoms with E-state index >= 15 is 0 Å². The summed E-state index contributed by atoms with van der Waals surface area (Å²) in [5, 5.41) is 0. The van der Waals surface area contributed by atoms with Gasteiger partial charge in [0.15, 0.2) is 0 Å². The number of hydrogen-bond donors (Lipinski definition) is 1. The molecule has 0 aromatic heterocycles. The number of likely N-dealkylation sites (N-methyl/N-ethyl adjacent to an activating group) is 1. The highest BCUT2D eigenvalue weighted by Gasteiger charge is 2.17. The molecular weight excluding hydrogens is 240 g/mol. The van der Waals surface area contributed by atoms with Gasteiger partial charge in [0.25, 0.3) is 5.91 Å². The summed E-state index contributed by atoms with van der Waals surface area (Å²) in [6, 6.07) is 7.27. The van der Waals surface area contributed by atoms with E-state index in [1.54, 1.807) is 31.2 Å². The van der Waals surface area contributed by atoms with Crippen molar-refractivity contribution in [2.75, 3.05) is 27.3 Å². The van der Waals surface area contributed by atoms with E-state index in [0.717, 1.165) is 5.56 Å². The Bertz CT molecular complexity index is 488. The van der Waals surface area contributed by atoms with Crippen LogP contribution < -0.4 is 5.73 Å². The zero-order valence-electron chi connectivity index (χ0n) is 11.6. The van der Waals surface area contributed by atoms with Gasteiger partial charge < -0.3 is 15.4 Å². The molecule has 1 unspecified atom stereocenters. The summed E-state index contributed by atoms with van der Waals surface area (Å²) < 4.78 is 5.06. The average molecular weight is 260 g/mol. The van der Waals surface area contributed by atoms with Crippen LogP contribution in [0.15, 0.2) is 24.3 Å². The Morgan fingerprint density at radius 1 is 1.53 bits per heavy atom. The highest BCUT2D eigenvalue weighted by molar-refractivity contribution is 5.94. The van der Waals surface area contributed by atoms with Gasteiger partial charge in [-0.1, -0.05) is 17.9 Å². The Balaban J connectivity index is 2.87. The molecule has 0 aliphatic carbocycles. The largest absolute Gasteiger partial charge is 0.383 e. The predicted molar refractivity (Wildman–Crippen MR) is 75.8 cm³/mol. The lowest BCUT2D eigenvalue weighted by atomic mass is 10.1. The minimum absolute atomic E-state index is 0.0243. The number of hydrogen-bond acceptors (Lipinski definition) is 3. The van der Waals surface area contributed by atoms with Crippen LogP contribution >= 0.6 is 0 Å². The summed E-state index contributed by atoms with van der Waals surface area (Å²) in [5.41, 5.74) is 6.75. The third-order valence-corrected chi connectivity index (χ3v) is 2.83. The van der Waals surface area contributed by atoms with Crippen LogP contribution in [0, 0.1) is 11.8 Å². The topological polar surface area (TPSA) is 55.6 Å². The van der Waals surface area contributed by atoms with Crippen molar-refractivity contribution in [2.24, 2.45) is 5.73 Å². The van der Waals surface area contributed by atoms with Crippen LogP contribution in [0.25, 0.3) is 0 Å². The van der Waals surface area contributed by atoms with Gasteiger partial charge in [-0.3, -0.25) is 4.79 Å². The normalized spacial score (nSPS) is 11.4. The molecule has 2 N–H and O–H groups in total. The SMILES string of the molecule is COCC(C)N(C)C(=O)c1cccc(C#CCN)c1. The number of amides is 1. The molecule has 0 heterocycles. The van der Waals surface area contributed by atoms with Crippen molar-refractivity contribution in [3.05, 3.63) is 35.4 Å². The molecule has 0 radical (unpaired) electrons. The van der Waals surface area contributed by atoms with E-state index in [4.69, 9.17) is 10.5 Å². The average Bonchev–Trinajstić information content (AvgIpc) is 2.44. The summed E-state index contributed by atoms with van der Waals surface area (Å²) in [7, 11) is 3.39. The van der Waals surface area contributed by atoms with E-state index in [1.165, 1.54) is 0 Å². The second kappa shape index (κ2) is 7.57. The molecule has 1 aromatic rings. The molecule has 0 saturated carbocycles. The van der Waals surface area contributed by atoms with Crippen LogP contribution in [-0.4, -0.2) is 44.2 Å². The highest BCUT2D eigenvalue weighted by Crippen LogP contribution is 2.09. The molecule has 0 fully saturated rings. The first-order valence-electron chi connectivity index (χ1n) is 6.15. The molecule has 1 amide bonds. The Hall–Kier alpha value is -1.83. The first-order valence-corrected chi connectivity index (χ1v) is 6.15. The van der Waals surface area contributed by atoms with E-state index in [2.05, 4.69) is 11.8 Å². The second-order valence-electron chi connectivity index (χ2n) is 4.31. The fourth-order valence-corrected chi connectivity index (χ4v) is 1.64. The summed E-state index contributed by atoms with van der Waals surface area (Å²) in [4.78, 5) is 14.0. The Morgan fingerprint density at radius 3 is 2.89 bits per heavy atom. The molecule has 0 bridgehead atoms. The zero-order valence-corrected chi connectivity index (χ0v) is 11.6. The van der Waals surface area contributed by atoms with E-state index in [0.29, 0.717) is 18.7 Å². The maximum Gasteiger partial charge on any atom is 0.253 e. The Labute approximate surface area is 114 Å². The second-order valence-corrected chi connectivity index (χ2v) is 4.31. The zero-order chi connectivity index (χ0) is 14.3. The fraction of sp³-hybridized carbons (Fsp3) is 0.400. The van der Waals surface area contributed by atoms with Gasteiger partial charge in [-0.15, -0.1) is 0 Å². The number of methoxy groups -OCH3 is 1. The van der Waals surface area contributed by atoms with Gasteiger partial charge in [0, 0.05) is 25.3 Å². The van der Waals surface area contributed by atoms with Gasteiger partial charge in [0.2, 0.25) is 0 Å². The molecule has 102 valence electrons. The standard InChI is InChI=1S/C15H20N2O2/c1-12(11-19-3)17(2)15(18)14-8-4-6-13(10-14)7-5-9-16/h4,6,8,10,12H,9,11,16H2,1-3H3. The van der Waals surface area contributed by atoms with Crippen LogP contribution in [0.5, 0.6) is 0 Å².